The SMILES string of the molecule is CN(CC(=O)Nc1c(Cl)cccc1Cl)C(=O)C=Cc1ccc(N2CCCC2=O)cc1. The molecule has 0 aromatic heterocycles. The third kappa shape index (κ3) is 5.40. The molecule has 3 rings (SSSR count). The third-order valence-corrected chi connectivity index (χ3v) is 5.31. The van der Waals surface area contributed by atoms with Crippen molar-refractivity contribution in [3.63, 3.8) is 0 Å². The average Bonchev–Trinajstić information content (AvgIpc) is 3.15. The van der Waals surface area contributed by atoms with Gasteiger partial charge in [0.1, 0.15) is 0 Å². The van der Waals surface area contributed by atoms with Crippen LogP contribution in [0.2, 0.25) is 10.0 Å². The molecule has 0 aliphatic carbocycles. The second kappa shape index (κ2) is 9.78. The number of carbonyl (C=O) groups is 3. The van der Waals surface area contributed by atoms with Crippen LogP contribution in [0.1, 0.15) is 18.4 Å². The number of amides is 3. The van der Waals surface area contributed by atoms with Crippen LogP contribution in [-0.4, -0.2) is 42.8 Å². The number of likely N-dealkylation sites (N-methyl/N-ethyl adjacent to an activating group) is 1. The number of nitrogens with one attached hydrogen (secondary N) is 1. The lowest BCUT2D eigenvalue weighted by Gasteiger charge is -2.16. The predicted octanol–water partition coefficient (Wildman–Crippen LogP) is 4.23. The molecule has 30 heavy (non-hydrogen) atoms. The molecule has 3 amide bonds. The van der Waals surface area contributed by atoms with Crippen LogP contribution in [0.25, 0.3) is 6.08 Å². The molecule has 0 atom stereocenters. The van der Waals surface area contributed by atoms with Crippen LogP contribution in [0.15, 0.2) is 48.5 Å². The maximum absolute atomic E-state index is 12.3. The second-order valence-corrected chi connectivity index (χ2v) is 7.73. The maximum atomic E-state index is 12.3. The van der Waals surface area contributed by atoms with Crippen molar-refractivity contribution >= 4 is 58.4 Å². The van der Waals surface area contributed by atoms with Crippen molar-refractivity contribution in [2.45, 2.75) is 12.8 Å². The van der Waals surface area contributed by atoms with Gasteiger partial charge in [0.25, 0.3) is 0 Å². The molecule has 1 heterocycles. The monoisotopic (exact) mass is 445 g/mol. The van der Waals surface area contributed by atoms with Gasteiger partial charge in [-0.05, 0) is 42.3 Å². The van der Waals surface area contributed by atoms with Crippen LogP contribution in [-0.2, 0) is 14.4 Å². The lowest BCUT2D eigenvalue weighted by molar-refractivity contribution is -0.129. The smallest absolute Gasteiger partial charge is 0.246 e. The summed E-state index contributed by atoms with van der Waals surface area (Å²) in [5.41, 5.74) is 1.99. The Bertz CT molecular complexity index is 969. The minimum atomic E-state index is -0.408. The zero-order valence-electron chi connectivity index (χ0n) is 16.4. The maximum Gasteiger partial charge on any atom is 0.246 e. The number of anilines is 2. The van der Waals surface area contributed by atoms with E-state index < -0.39 is 5.91 Å². The lowest BCUT2D eigenvalue weighted by Crippen LogP contribution is -2.34. The van der Waals surface area contributed by atoms with Gasteiger partial charge in [-0.1, -0.05) is 41.4 Å². The fraction of sp³-hybridized carbons (Fsp3) is 0.227. The lowest BCUT2D eigenvalue weighted by atomic mass is 10.2. The molecule has 0 radical (unpaired) electrons. The molecule has 1 aliphatic rings. The van der Waals surface area contributed by atoms with Gasteiger partial charge in [-0.15, -0.1) is 0 Å². The number of hydrogen-bond donors (Lipinski definition) is 1. The fourth-order valence-corrected chi connectivity index (χ4v) is 3.56. The summed E-state index contributed by atoms with van der Waals surface area (Å²) in [5.74, 6) is -0.602. The summed E-state index contributed by atoms with van der Waals surface area (Å²) in [4.78, 5) is 39.4. The van der Waals surface area contributed by atoms with E-state index in [0.29, 0.717) is 22.2 Å². The van der Waals surface area contributed by atoms with E-state index in [1.165, 1.54) is 18.0 Å². The first-order chi connectivity index (χ1) is 14.3. The third-order valence-electron chi connectivity index (χ3n) is 4.68. The average molecular weight is 446 g/mol. The van der Waals surface area contributed by atoms with Crippen LogP contribution in [0, 0.1) is 0 Å². The van der Waals surface area contributed by atoms with E-state index in [4.69, 9.17) is 23.2 Å². The molecular formula is C22H21Cl2N3O3. The Morgan fingerprint density at radius 3 is 2.40 bits per heavy atom. The van der Waals surface area contributed by atoms with Gasteiger partial charge in [-0.2, -0.15) is 0 Å². The Kier molecular flexibility index (Phi) is 7.13. The first-order valence-electron chi connectivity index (χ1n) is 9.42. The highest BCUT2D eigenvalue weighted by Crippen LogP contribution is 2.29. The first kappa shape index (κ1) is 21.9. The summed E-state index contributed by atoms with van der Waals surface area (Å²) in [5, 5.41) is 3.27. The molecule has 6 nitrogen and oxygen atoms in total. The van der Waals surface area contributed by atoms with Gasteiger partial charge >= 0.3 is 0 Å². The molecule has 0 bridgehead atoms. The quantitative estimate of drug-likeness (QED) is 0.676. The van der Waals surface area contributed by atoms with Gasteiger partial charge in [0, 0.05) is 31.8 Å². The van der Waals surface area contributed by atoms with Crippen molar-refractivity contribution in [3.05, 3.63) is 64.1 Å². The van der Waals surface area contributed by atoms with Crippen molar-refractivity contribution in [1.29, 1.82) is 0 Å². The summed E-state index contributed by atoms with van der Waals surface area (Å²) in [7, 11) is 1.53. The largest absolute Gasteiger partial charge is 0.333 e. The molecule has 156 valence electrons. The Morgan fingerprint density at radius 1 is 1.13 bits per heavy atom. The molecule has 0 saturated carbocycles. The van der Waals surface area contributed by atoms with Crippen LogP contribution in [0.5, 0.6) is 0 Å². The number of rotatable bonds is 6. The summed E-state index contributed by atoms with van der Waals surface area (Å²) < 4.78 is 0. The number of carbonyl (C=O) groups excluding carboxylic acids is 3. The molecule has 1 aliphatic heterocycles. The summed E-state index contributed by atoms with van der Waals surface area (Å²) in [6, 6.07) is 12.3. The highest BCUT2D eigenvalue weighted by atomic mass is 35.5. The highest BCUT2D eigenvalue weighted by molar-refractivity contribution is 6.39. The number of para-hydroxylation sites is 1. The first-order valence-corrected chi connectivity index (χ1v) is 10.2. The normalized spacial score (nSPS) is 13.7. The van der Waals surface area contributed by atoms with Crippen LogP contribution >= 0.6 is 23.2 Å². The number of benzene rings is 2. The van der Waals surface area contributed by atoms with Gasteiger partial charge < -0.3 is 15.1 Å². The second-order valence-electron chi connectivity index (χ2n) is 6.91. The number of halogens is 2. The van der Waals surface area contributed by atoms with Crippen molar-refractivity contribution in [2.75, 3.05) is 30.4 Å². The van der Waals surface area contributed by atoms with Crippen molar-refractivity contribution in [1.82, 2.24) is 4.90 Å². The Morgan fingerprint density at radius 2 is 1.80 bits per heavy atom. The Balaban J connectivity index is 1.55. The van der Waals surface area contributed by atoms with Gasteiger partial charge in [0.2, 0.25) is 17.7 Å². The van der Waals surface area contributed by atoms with E-state index in [-0.39, 0.29) is 18.4 Å². The van der Waals surface area contributed by atoms with E-state index >= 15 is 0 Å². The summed E-state index contributed by atoms with van der Waals surface area (Å²) >= 11 is 12.1. The molecular weight excluding hydrogens is 425 g/mol. The topological polar surface area (TPSA) is 69.7 Å². The van der Waals surface area contributed by atoms with Gasteiger partial charge in [-0.3, -0.25) is 14.4 Å². The molecule has 2 aromatic carbocycles. The number of nitrogens with zero attached hydrogens (tertiary/aromatic N) is 2. The van der Waals surface area contributed by atoms with E-state index in [1.807, 2.05) is 24.3 Å². The molecule has 8 heteroatoms. The summed E-state index contributed by atoms with van der Waals surface area (Å²) in [6.45, 7) is 0.583. The van der Waals surface area contributed by atoms with Gasteiger partial charge in [0.05, 0.1) is 22.3 Å². The minimum Gasteiger partial charge on any atom is -0.333 e. The molecule has 1 fully saturated rings. The van der Waals surface area contributed by atoms with Gasteiger partial charge in [0.15, 0.2) is 0 Å². The molecule has 0 unspecified atom stereocenters. The van der Waals surface area contributed by atoms with Crippen LogP contribution in [0.4, 0.5) is 11.4 Å². The van der Waals surface area contributed by atoms with E-state index in [2.05, 4.69) is 5.32 Å². The Labute approximate surface area is 185 Å². The Hall–Kier alpha value is -2.83. The summed E-state index contributed by atoms with van der Waals surface area (Å²) in [6.07, 6.45) is 4.51. The zero-order chi connectivity index (χ0) is 21.7. The zero-order valence-corrected chi connectivity index (χ0v) is 17.9. The van der Waals surface area contributed by atoms with Crippen LogP contribution < -0.4 is 10.2 Å². The molecule has 1 saturated heterocycles. The molecule has 0 spiro atoms. The minimum absolute atomic E-state index is 0.131. The van der Waals surface area contributed by atoms with Crippen molar-refractivity contribution < 1.29 is 14.4 Å². The standard InChI is InChI=1S/C22H21Cl2N3O3/c1-26(14-19(28)25-22-17(23)4-2-5-18(22)24)20(29)12-9-15-7-10-16(11-8-15)27-13-3-6-21(27)30/h2,4-5,7-12H,3,6,13-14H2,1H3,(H,25,28). The van der Waals surface area contributed by atoms with Crippen molar-refractivity contribution in [2.24, 2.45) is 0 Å². The highest BCUT2D eigenvalue weighted by Gasteiger charge is 2.21. The predicted molar refractivity (Wildman–Crippen MR) is 120 cm³/mol. The molecule has 1 N–H and O–H groups in total. The van der Waals surface area contributed by atoms with E-state index in [0.717, 1.165) is 24.2 Å². The van der Waals surface area contributed by atoms with Crippen LogP contribution in [0.3, 0.4) is 0 Å². The van der Waals surface area contributed by atoms with E-state index in [1.54, 1.807) is 29.2 Å². The van der Waals surface area contributed by atoms with E-state index in [9.17, 15) is 14.4 Å². The van der Waals surface area contributed by atoms with Gasteiger partial charge in [-0.25, -0.2) is 0 Å². The van der Waals surface area contributed by atoms with Crippen molar-refractivity contribution in [3.8, 4) is 0 Å². The molecule has 2 aromatic rings. The number of hydrogen-bond acceptors (Lipinski definition) is 3. The fourth-order valence-electron chi connectivity index (χ4n) is 3.07.